The summed E-state index contributed by atoms with van der Waals surface area (Å²) >= 11 is 0. The number of hydrogen-bond donors (Lipinski definition) is 3. The van der Waals surface area contributed by atoms with E-state index in [1.165, 1.54) is 103 Å². The number of allylic oxidation sites excluding steroid dienone is 2. The minimum Gasteiger partial charge on any atom is -0.388 e. The van der Waals surface area contributed by atoms with Gasteiger partial charge in [-0.05, 0) is 39.0 Å². The standard InChI is InChI=1S/C25H50O3.C6H16NO3P/c1-3-4-5-6-7-8-9-10-11-12-13-14-15-16-17-18-19-20-21-22-28-24-25(26)23-27-2;1-6(11(8,9)10)5-7(2,3)4/h12-13,25-26H,3-11,14-24H2,1-2H3;6H,5H2,1-4H3,(H-,8,9,10)/p+1/b13-12-;/t25-;/m0./s1. The van der Waals surface area contributed by atoms with Crippen molar-refractivity contribution >= 4 is 7.60 Å². The van der Waals surface area contributed by atoms with E-state index in [4.69, 9.17) is 19.3 Å². The van der Waals surface area contributed by atoms with Crippen molar-refractivity contribution in [3.05, 3.63) is 12.2 Å². The average Bonchev–Trinajstić information content (AvgIpc) is 2.84. The molecule has 1 unspecified atom stereocenters. The molecule has 2 atom stereocenters. The number of nitrogens with zero attached hydrogens (tertiary/aromatic N) is 1. The minimum atomic E-state index is -3.87. The highest BCUT2D eigenvalue weighted by atomic mass is 31.2. The molecule has 0 amide bonds. The van der Waals surface area contributed by atoms with Gasteiger partial charge in [0.2, 0.25) is 0 Å². The van der Waals surface area contributed by atoms with Gasteiger partial charge in [-0.3, -0.25) is 4.57 Å². The predicted octanol–water partition coefficient (Wildman–Crippen LogP) is 7.48. The number of rotatable bonds is 26. The van der Waals surface area contributed by atoms with Crippen LogP contribution in [0.5, 0.6) is 0 Å². The van der Waals surface area contributed by atoms with E-state index in [-0.39, 0.29) is 0 Å². The average molecular weight is 581 g/mol. The van der Waals surface area contributed by atoms with Crippen LogP contribution in [0.1, 0.15) is 123 Å². The summed E-state index contributed by atoms with van der Waals surface area (Å²) in [6, 6.07) is 0. The summed E-state index contributed by atoms with van der Waals surface area (Å²) in [5.74, 6) is 0. The van der Waals surface area contributed by atoms with E-state index in [1.807, 2.05) is 21.1 Å². The fraction of sp³-hybridized carbons (Fsp3) is 0.935. The number of ether oxygens (including phenoxy) is 2. The van der Waals surface area contributed by atoms with Crippen LogP contribution in [0.15, 0.2) is 12.2 Å². The zero-order valence-electron chi connectivity index (χ0n) is 26.6. The molecule has 0 aromatic rings. The molecule has 0 heterocycles. The number of quaternary nitrogens is 1. The Labute approximate surface area is 242 Å². The highest BCUT2D eigenvalue weighted by Gasteiger charge is 2.28. The monoisotopic (exact) mass is 580 g/mol. The van der Waals surface area contributed by atoms with Crippen LogP contribution < -0.4 is 0 Å². The van der Waals surface area contributed by atoms with Crippen LogP contribution >= 0.6 is 7.60 Å². The normalized spacial score (nSPS) is 13.9. The summed E-state index contributed by atoms with van der Waals surface area (Å²) in [6.07, 6.45) is 27.2. The van der Waals surface area contributed by atoms with Crippen LogP contribution in [0.25, 0.3) is 0 Å². The van der Waals surface area contributed by atoms with Gasteiger partial charge in [0.15, 0.2) is 0 Å². The van der Waals surface area contributed by atoms with E-state index in [9.17, 15) is 9.67 Å². The quantitative estimate of drug-likeness (QED) is 0.0425. The molecule has 3 N–H and O–H groups in total. The first kappa shape index (κ1) is 40.9. The van der Waals surface area contributed by atoms with Gasteiger partial charge in [0.05, 0.1) is 40.9 Å². The molecule has 0 spiro atoms. The van der Waals surface area contributed by atoms with Crippen LogP contribution in [0, 0.1) is 0 Å². The van der Waals surface area contributed by atoms with Crippen LogP contribution in [0.4, 0.5) is 0 Å². The Morgan fingerprint density at radius 1 is 0.744 bits per heavy atom. The van der Waals surface area contributed by atoms with Gasteiger partial charge in [-0.1, -0.05) is 96.1 Å². The molecule has 0 saturated heterocycles. The Morgan fingerprint density at radius 2 is 1.18 bits per heavy atom. The van der Waals surface area contributed by atoms with E-state index >= 15 is 0 Å². The van der Waals surface area contributed by atoms with Gasteiger partial charge in [-0.15, -0.1) is 0 Å². The third-order valence-corrected chi connectivity index (χ3v) is 7.92. The second-order valence-electron chi connectivity index (χ2n) is 12.1. The highest BCUT2D eigenvalue weighted by Crippen LogP contribution is 2.41. The summed E-state index contributed by atoms with van der Waals surface area (Å²) in [5.41, 5.74) is -0.553. The Kier molecular flexibility index (Phi) is 29.2. The first-order valence-electron chi connectivity index (χ1n) is 15.7. The molecule has 0 aromatic heterocycles. The maximum atomic E-state index is 10.7. The number of unbranched alkanes of at least 4 members (excludes halogenated alkanes) is 15. The number of methoxy groups -OCH3 is 1. The molecule has 0 radical (unpaired) electrons. The van der Waals surface area contributed by atoms with Gasteiger partial charge in [-0.25, -0.2) is 0 Å². The second kappa shape index (κ2) is 27.9. The molecule has 7 nitrogen and oxygen atoms in total. The molecular weight excluding hydrogens is 513 g/mol. The van der Waals surface area contributed by atoms with Crippen molar-refractivity contribution < 1.29 is 33.4 Å². The molecule has 0 saturated carbocycles. The van der Waals surface area contributed by atoms with Crippen molar-refractivity contribution in [2.24, 2.45) is 0 Å². The summed E-state index contributed by atoms with van der Waals surface area (Å²) in [5, 5.41) is 9.45. The van der Waals surface area contributed by atoms with Crippen molar-refractivity contribution in [2.45, 2.75) is 135 Å². The minimum absolute atomic E-state index is 0.356. The van der Waals surface area contributed by atoms with Gasteiger partial charge in [0.1, 0.15) is 11.8 Å². The molecule has 0 bridgehead atoms. The highest BCUT2D eigenvalue weighted by molar-refractivity contribution is 7.52. The lowest BCUT2D eigenvalue weighted by Crippen LogP contribution is -2.40. The third-order valence-electron chi connectivity index (χ3n) is 6.61. The molecule has 0 aliphatic heterocycles. The van der Waals surface area contributed by atoms with Gasteiger partial charge < -0.3 is 28.9 Å². The maximum Gasteiger partial charge on any atom is 0.333 e. The fourth-order valence-electron chi connectivity index (χ4n) is 4.34. The molecule has 0 aliphatic rings. The predicted molar refractivity (Wildman–Crippen MR) is 166 cm³/mol. The van der Waals surface area contributed by atoms with Crippen molar-refractivity contribution in [3.63, 3.8) is 0 Å². The van der Waals surface area contributed by atoms with Crippen molar-refractivity contribution in [1.29, 1.82) is 0 Å². The zero-order valence-corrected chi connectivity index (χ0v) is 27.5. The molecule has 236 valence electrons. The van der Waals surface area contributed by atoms with E-state index in [0.717, 1.165) is 13.0 Å². The largest absolute Gasteiger partial charge is 0.388 e. The van der Waals surface area contributed by atoms with E-state index in [2.05, 4.69) is 19.1 Å². The Hall–Kier alpha value is -0.270. The van der Waals surface area contributed by atoms with Crippen LogP contribution in [0.3, 0.4) is 0 Å². The van der Waals surface area contributed by atoms with Gasteiger partial charge >= 0.3 is 7.60 Å². The van der Waals surface area contributed by atoms with Crippen LogP contribution in [0.2, 0.25) is 0 Å². The van der Waals surface area contributed by atoms with E-state index in [1.54, 1.807) is 14.0 Å². The van der Waals surface area contributed by atoms with Crippen LogP contribution in [-0.4, -0.2) is 85.8 Å². The van der Waals surface area contributed by atoms with E-state index < -0.39 is 19.4 Å². The lowest BCUT2D eigenvalue weighted by atomic mass is 10.1. The molecule has 8 heteroatoms. The molecule has 0 fully saturated rings. The molecule has 0 rings (SSSR count). The van der Waals surface area contributed by atoms with Crippen LogP contribution in [-0.2, 0) is 14.0 Å². The lowest BCUT2D eigenvalue weighted by Gasteiger charge is -2.27. The van der Waals surface area contributed by atoms with Gasteiger partial charge in [0.25, 0.3) is 0 Å². The van der Waals surface area contributed by atoms with Crippen molar-refractivity contribution in [3.8, 4) is 0 Å². The number of aliphatic hydroxyl groups is 1. The number of aliphatic hydroxyl groups excluding tert-OH is 1. The summed E-state index contributed by atoms with van der Waals surface area (Å²) in [7, 11) is 3.45. The molecule has 39 heavy (non-hydrogen) atoms. The molecule has 0 aromatic carbocycles. The van der Waals surface area contributed by atoms with Gasteiger partial charge in [0, 0.05) is 13.7 Å². The summed E-state index contributed by atoms with van der Waals surface area (Å²) < 4.78 is 21.6. The summed E-state index contributed by atoms with van der Waals surface area (Å²) in [6.45, 7) is 5.85. The zero-order chi connectivity index (χ0) is 29.8. The smallest absolute Gasteiger partial charge is 0.333 e. The SMILES string of the molecule is CC(C[N+](C)(C)C)P(=O)(O)O.CCCCCCCCCC/C=C\CCCCCCCCCOC[C@@H](O)COC. The third kappa shape index (κ3) is 35.7. The number of hydrogen-bond acceptors (Lipinski definition) is 4. The first-order valence-corrected chi connectivity index (χ1v) is 17.4. The first-order chi connectivity index (χ1) is 18.4. The Bertz CT molecular complexity index is 576. The van der Waals surface area contributed by atoms with Crippen molar-refractivity contribution in [1.82, 2.24) is 0 Å². The van der Waals surface area contributed by atoms with E-state index in [0.29, 0.717) is 24.2 Å². The molecular formula is C31H67NO6P+. The lowest BCUT2D eigenvalue weighted by molar-refractivity contribution is -0.869. The Morgan fingerprint density at radius 3 is 1.56 bits per heavy atom. The van der Waals surface area contributed by atoms with Crippen molar-refractivity contribution in [2.75, 3.05) is 54.6 Å². The summed E-state index contributed by atoms with van der Waals surface area (Å²) in [4.78, 5) is 17.5. The topological polar surface area (TPSA) is 96.2 Å². The van der Waals surface area contributed by atoms with Gasteiger partial charge in [-0.2, -0.15) is 0 Å². The molecule has 0 aliphatic carbocycles. The second-order valence-corrected chi connectivity index (χ2v) is 14.2. The Balaban J connectivity index is 0. The fourth-order valence-corrected chi connectivity index (χ4v) is 5.04. The maximum absolute atomic E-state index is 10.7.